The summed E-state index contributed by atoms with van der Waals surface area (Å²) in [5.41, 5.74) is 1.23. The number of hydrogen-bond donors (Lipinski definition) is 0. The average molecular weight is 390 g/mol. The van der Waals surface area contributed by atoms with Crippen molar-refractivity contribution in [3.8, 4) is 0 Å². The zero-order valence-electron chi connectivity index (χ0n) is 14.6. The number of hydrogen-bond acceptors (Lipinski definition) is 6. The first-order valence-corrected chi connectivity index (χ1v) is 10.2. The van der Waals surface area contributed by atoms with Crippen molar-refractivity contribution in [2.75, 3.05) is 18.0 Å². The van der Waals surface area contributed by atoms with Gasteiger partial charge in [-0.15, -0.1) is 11.3 Å². The number of anilines is 1. The first-order chi connectivity index (χ1) is 12.4. The van der Waals surface area contributed by atoms with E-state index in [9.17, 15) is 13.2 Å². The van der Waals surface area contributed by atoms with E-state index in [4.69, 9.17) is 4.74 Å². The molecule has 0 bridgehead atoms. The van der Waals surface area contributed by atoms with Gasteiger partial charge in [0.25, 0.3) is 10.0 Å². The summed E-state index contributed by atoms with van der Waals surface area (Å²) in [7, 11) is -2.26. The fourth-order valence-corrected chi connectivity index (χ4v) is 4.74. The van der Waals surface area contributed by atoms with Crippen LogP contribution in [0.5, 0.6) is 0 Å². The van der Waals surface area contributed by atoms with E-state index in [2.05, 4.69) is 4.98 Å². The molecule has 1 aromatic carbocycles. The molecule has 0 aliphatic heterocycles. The van der Waals surface area contributed by atoms with Crippen LogP contribution in [-0.4, -0.2) is 33.0 Å². The van der Waals surface area contributed by atoms with Crippen LogP contribution in [0.4, 0.5) is 5.69 Å². The van der Waals surface area contributed by atoms with E-state index in [1.807, 2.05) is 6.07 Å². The number of esters is 1. The lowest BCUT2D eigenvalue weighted by Crippen LogP contribution is -2.26. The third-order valence-corrected chi connectivity index (χ3v) is 6.95. The number of carbonyl (C=O) groups is 1. The Hall–Kier alpha value is -2.45. The minimum absolute atomic E-state index is 0.0765. The predicted molar refractivity (Wildman–Crippen MR) is 102 cm³/mol. The molecule has 0 radical (unpaired) electrons. The second kappa shape index (κ2) is 7.05. The normalized spacial score (nSPS) is 11.5. The number of aryl methyl sites for hydroxylation is 1. The first kappa shape index (κ1) is 18.3. The van der Waals surface area contributed by atoms with E-state index in [0.717, 1.165) is 0 Å². The van der Waals surface area contributed by atoms with Gasteiger partial charge in [0.15, 0.2) is 0 Å². The maximum atomic E-state index is 12.9. The van der Waals surface area contributed by atoms with Crippen LogP contribution in [0, 0.1) is 6.92 Å². The number of fused-ring (bicyclic) bond motifs is 1. The minimum Gasteiger partial charge on any atom is -0.462 e. The minimum atomic E-state index is -3.76. The van der Waals surface area contributed by atoms with Crippen molar-refractivity contribution in [3.63, 3.8) is 0 Å². The number of aromatic nitrogens is 1. The van der Waals surface area contributed by atoms with Gasteiger partial charge in [0, 0.05) is 18.6 Å². The molecule has 0 N–H and O–H groups in total. The molecule has 3 aromatic rings. The summed E-state index contributed by atoms with van der Waals surface area (Å²) in [5.74, 6) is -0.418. The van der Waals surface area contributed by atoms with Crippen LogP contribution in [0.2, 0.25) is 0 Å². The van der Waals surface area contributed by atoms with E-state index in [-0.39, 0.29) is 11.5 Å². The van der Waals surface area contributed by atoms with Crippen molar-refractivity contribution in [2.45, 2.75) is 18.7 Å². The Morgan fingerprint density at radius 1 is 1.27 bits per heavy atom. The topological polar surface area (TPSA) is 76.6 Å². The van der Waals surface area contributed by atoms with E-state index in [1.54, 1.807) is 44.2 Å². The van der Waals surface area contributed by atoms with Gasteiger partial charge in [0.2, 0.25) is 0 Å². The Labute approximate surface area is 156 Å². The molecule has 0 fully saturated rings. The van der Waals surface area contributed by atoms with E-state index in [1.165, 1.54) is 28.9 Å². The molecule has 0 spiro atoms. The zero-order chi connectivity index (χ0) is 18.9. The Bertz CT molecular complexity index is 1060. The quantitative estimate of drug-likeness (QED) is 0.622. The largest absolute Gasteiger partial charge is 0.462 e. The summed E-state index contributed by atoms with van der Waals surface area (Å²) in [5, 5.41) is 0.639. The predicted octanol–water partition coefficient (Wildman–Crippen LogP) is 3.61. The molecule has 0 aliphatic rings. The molecule has 6 nitrogen and oxygen atoms in total. The van der Waals surface area contributed by atoms with Crippen LogP contribution in [-0.2, 0) is 14.8 Å². The lowest BCUT2D eigenvalue weighted by Gasteiger charge is -2.19. The number of sulfonamides is 1. The van der Waals surface area contributed by atoms with Crippen LogP contribution in [0.3, 0.4) is 0 Å². The highest BCUT2D eigenvalue weighted by Gasteiger charge is 2.24. The molecular weight excluding hydrogens is 372 g/mol. The maximum absolute atomic E-state index is 12.9. The Balaban J connectivity index is 2.06. The van der Waals surface area contributed by atoms with Crippen LogP contribution in [0.15, 0.2) is 47.5 Å². The van der Waals surface area contributed by atoms with Gasteiger partial charge in [-0.3, -0.25) is 4.31 Å². The number of ether oxygens (including phenoxy) is 1. The van der Waals surface area contributed by atoms with Crippen molar-refractivity contribution in [3.05, 3.63) is 53.0 Å². The van der Waals surface area contributed by atoms with Crippen LogP contribution >= 0.6 is 11.3 Å². The third kappa shape index (κ3) is 3.17. The summed E-state index contributed by atoms with van der Waals surface area (Å²) in [6.07, 6.45) is 1.32. The summed E-state index contributed by atoms with van der Waals surface area (Å²) >= 11 is 1.20. The standard InChI is InChI=1S/C18H18N2O4S2/c1-4-24-18(21)16-12(2)15-10-14(11-19-17(15)25-16)26(22,23)20(3)13-8-6-5-7-9-13/h5-11H,4H2,1-3H3. The highest BCUT2D eigenvalue weighted by molar-refractivity contribution is 7.92. The molecule has 136 valence electrons. The van der Waals surface area contributed by atoms with Crippen LogP contribution < -0.4 is 4.31 Å². The van der Waals surface area contributed by atoms with Crippen molar-refractivity contribution in [1.29, 1.82) is 0 Å². The molecular formula is C18H18N2O4S2. The molecule has 0 saturated heterocycles. The van der Waals surface area contributed by atoms with Gasteiger partial charge < -0.3 is 4.74 Å². The van der Waals surface area contributed by atoms with Gasteiger partial charge in [0.1, 0.15) is 14.6 Å². The van der Waals surface area contributed by atoms with Gasteiger partial charge in [-0.1, -0.05) is 18.2 Å². The van der Waals surface area contributed by atoms with E-state index >= 15 is 0 Å². The average Bonchev–Trinajstić information content (AvgIpc) is 2.98. The van der Waals surface area contributed by atoms with Crippen molar-refractivity contribution < 1.29 is 17.9 Å². The van der Waals surface area contributed by atoms with Crippen molar-refractivity contribution >= 4 is 43.2 Å². The highest BCUT2D eigenvalue weighted by Crippen LogP contribution is 2.32. The molecule has 26 heavy (non-hydrogen) atoms. The molecule has 8 heteroatoms. The lowest BCUT2D eigenvalue weighted by atomic mass is 10.2. The molecule has 0 unspecified atom stereocenters. The third-order valence-electron chi connectivity index (χ3n) is 4.01. The fourth-order valence-electron chi connectivity index (χ4n) is 2.55. The second-order valence-electron chi connectivity index (χ2n) is 5.61. The lowest BCUT2D eigenvalue weighted by molar-refractivity contribution is 0.0531. The molecule has 0 saturated carbocycles. The zero-order valence-corrected chi connectivity index (χ0v) is 16.2. The monoisotopic (exact) mass is 390 g/mol. The van der Waals surface area contributed by atoms with Gasteiger partial charge in [-0.25, -0.2) is 18.2 Å². The molecule has 0 atom stereocenters. The number of pyridine rings is 1. The van der Waals surface area contributed by atoms with E-state index < -0.39 is 16.0 Å². The van der Waals surface area contributed by atoms with Crippen molar-refractivity contribution in [1.82, 2.24) is 4.98 Å². The van der Waals surface area contributed by atoms with Gasteiger partial charge in [0.05, 0.1) is 12.3 Å². The maximum Gasteiger partial charge on any atom is 0.348 e. The Kier molecular flexibility index (Phi) is 4.97. The Morgan fingerprint density at radius 3 is 2.62 bits per heavy atom. The number of rotatable bonds is 5. The van der Waals surface area contributed by atoms with Gasteiger partial charge in [-0.05, 0) is 37.6 Å². The summed E-state index contributed by atoms with van der Waals surface area (Å²) in [6, 6.07) is 10.4. The SMILES string of the molecule is CCOC(=O)c1sc2ncc(S(=O)(=O)N(C)c3ccccc3)cc2c1C. The van der Waals surface area contributed by atoms with E-state index in [0.29, 0.717) is 26.3 Å². The van der Waals surface area contributed by atoms with Crippen molar-refractivity contribution in [2.24, 2.45) is 0 Å². The summed E-state index contributed by atoms with van der Waals surface area (Å²) < 4.78 is 32.1. The van der Waals surface area contributed by atoms with Gasteiger partial charge in [-0.2, -0.15) is 0 Å². The van der Waals surface area contributed by atoms with Crippen LogP contribution in [0.25, 0.3) is 10.2 Å². The summed E-state index contributed by atoms with van der Waals surface area (Å²) in [4.78, 5) is 17.4. The fraction of sp³-hybridized carbons (Fsp3) is 0.222. The highest BCUT2D eigenvalue weighted by atomic mass is 32.2. The molecule has 3 rings (SSSR count). The number of thiophene rings is 1. The summed E-state index contributed by atoms with van der Waals surface area (Å²) in [6.45, 7) is 3.79. The molecule has 2 heterocycles. The smallest absolute Gasteiger partial charge is 0.348 e. The molecule has 2 aromatic heterocycles. The number of nitrogens with zero attached hydrogens (tertiary/aromatic N) is 2. The second-order valence-corrected chi connectivity index (χ2v) is 8.58. The molecule has 0 aliphatic carbocycles. The number of carbonyl (C=O) groups excluding carboxylic acids is 1. The Morgan fingerprint density at radius 2 is 1.96 bits per heavy atom. The number of para-hydroxylation sites is 1. The number of benzene rings is 1. The molecule has 0 amide bonds. The van der Waals surface area contributed by atoms with Gasteiger partial charge >= 0.3 is 5.97 Å². The van der Waals surface area contributed by atoms with Crippen LogP contribution in [0.1, 0.15) is 22.2 Å². The first-order valence-electron chi connectivity index (χ1n) is 7.96.